The molecule has 1 fully saturated rings. The number of hydrogen-bond acceptors (Lipinski definition) is 4. The third kappa shape index (κ3) is 4.01. The molecule has 0 spiro atoms. The first kappa shape index (κ1) is 14.5. The molecule has 106 valence electrons. The summed E-state index contributed by atoms with van der Waals surface area (Å²) in [6, 6.07) is 3.84. The Labute approximate surface area is 118 Å². The molecule has 2 N–H and O–H groups in total. The van der Waals surface area contributed by atoms with Gasteiger partial charge in [0.15, 0.2) is 0 Å². The zero-order chi connectivity index (χ0) is 13.8. The van der Waals surface area contributed by atoms with Crippen LogP contribution in [0.5, 0.6) is 0 Å². The summed E-state index contributed by atoms with van der Waals surface area (Å²) < 4.78 is 5.56. The maximum Gasteiger partial charge on any atom is 0.240 e. The first-order chi connectivity index (χ1) is 9.11. The molecule has 1 amide bonds. The average molecular weight is 282 g/mol. The summed E-state index contributed by atoms with van der Waals surface area (Å²) in [5, 5.41) is 0. The van der Waals surface area contributed by atoms with Gasteiger partial charge in [-0.3, -0.25) is 4.79 Å². The van der Waals surface area contributed by atoms with E-state index in [1.165, 1.54) is 0 Å². The predicted molar refractivity (Wildman–Crippen MR) is 78.0 cm³/mol. The molecular formula is C14H22N2O2S. The highest BCUT2D eigenvalue weighted by atomic mass is 32.2. The average Bonchev–Trinajstić information content (AvgIpc) is 3.15. The van der Waals surface area contributed by atoms with E-state index in [1.54, 1.807) is 11.8 Å². The quantitative estimate of drug-likeness (QED) is 0.832. The molecule has 0 radical (unpaired) electrons. The lowest BCUT2D eigenvalue weighted by Gasteiger charge is -2.24. The topological polar surface area (TPSA) is 59.5 Å². The fraction of sp³-hybridized carbons (Fsp3) is 0.643. The Kier molecular flexibility index (Phi) is 4.93. The zero-order valence-electron chi connectivity index (χ0n) is 11.6. The Morgan fingerprint density at radius 1 is 1.58 bits per heavy atom. The number of rotatable bonds is 7. The predicted octanol–water partition coefficient (Wildman–Crippen LogP) is 2.16. The standard InChI is InChI=1S/C14H22N2O2S/c1-10-3-6-12(18-10)9-16(11-4-5-11)14(17)13(15)7-8-19-2/h3,6,11,13H,4-5,7-9,15H2,1-2H3/t13-/m1/s1. The van der Waals surface area contributed by atoms with Crippen LogP contribution in [0.3, 0.4) is 0 Å². The number of carbonyl (C=O) groups excluding carboxylic acids is 1. The van der Waals surface area contributed by atoms with Crippen molar-refractivity contribution in [2.24, 2.45) is 5.73 Å². The molecule has 2 rings (SSSR count). The first-order valence-corrected chi connectivity index (χ1v) is 8.11. The highest BCUT2D eigenvalue weighted by Gasteiger charge is 2.35. The number of thioether (sulfide) groups is 1. The summed E-state index contributed by atoms with van der Waals surface area (Å²) in [6.07, 6.45) is 4.93. The van der Waals surface area contributed by atoms with Gasteiger partial charge in [0.05, 0.1) is 12.6 Å². The number of furan rings is 1. The molecule has 1 aliphatic rings. The molecule has 0 bridgehead atoms. The molecule has 0 unspecified atom stereocenters. The van der Waals surface area contributed by atoms with Crippen LogP contribution in [0.2, 0.25) is 0 Å². The van der Waals surface area contributed by atoms with Gasteiger partial charge in [-0.25, -0.2) is 0 Å². The van der Waals surface area contributed by atoms with Crippen LogP contribution in [0.4, 0.5) is 0 Å². The minimum absolute atomic E-state index is 0.0607. The van der Waals surface area contributed by atoms with Gasteiger partial charge in [-0.15, -0.1) is 0 Å². The van der Waals surface area contributed by atoms with E-state index in [9.17, 15) is 4.79 Å². The van der Waals surface area contributed by atoms with Gasteiger partial charge in [0.2, 0.25) is 5.91 Å². The number of hydrogen-bond donors (Lipinski definition) is 1. The Morgan fingerprint density at radius 2 is 2.32 bits per heavy atom. The normalized spacial score (nSPS) is 16.4. The molecule has 4 nitrogen and oxygen atoms in total. The molecule has 0 aliphatic heterocycles. The van der Waals surface area contributed by atoms with E-state index in [2.05, 4.69) is 0 Å². The fourth-order valence-electron chi connectivity index (χ4n) is 2.09. The van der Waals surface area contributed by atoms with E-state index in [0.29, 0.717) is 12.6 Å². The molecular weight excluding hydrogens is 260 g/mol. The largest absolute Gasteiger partial charge is 0.464 e. The maximum absolute atomic E-state index is 12.4. The second kappa shape index (κ2) is 6.48. The Hall–Kier alpha value is -0.940. The molecule has 5 heteroatoms. The molecule has 1 saturated carbocycles. The third-order valence-corrected chi connectivity index (χ3v) is 3.99. The minimum Gasteiger partial charge on any atom is -0.464 e. The van der Waals surface area contributed by atoms with E-state index in [0.717, 1.165) is 36.5 Å². The van der Waals surface area contributed by atoms with Crippen LogP contribution in [-0.2, 0) is 11.3 Å². The van der Waals surface area contributed by atoms with E-state index in [-0.39, 0.29) is 11.9 Å². The van der Waals surface area contributed by atoms with E-state index in [1.807, 2.05) is 30.2 Å². The van der Waals surface area contributed by atoms with Gasteiger partial charge in [0, 0.05) is 6.04 Å². The van der Waals surface area contributed by atoms with Gasteiger partial charge in [0.25, 0.3) is 0 Å². The Balaban J connectivity index is 1.97. The maximum atomic E-state index is 12.4. The van der Waals surface area contributed by atoms with Crippen molar-refractivity contribution in [1.29, 1.82) is 0 Å². The highest BCUT2D eigenvalue weighted by Crippen LogP contribution is 2.29. The van der Waals surface area contributed by atoms with Crippen molar-refractivity contribution in [1.82, 2.24) is 4.90 Å². The van der Waals surface area contributed by atoms with Gasteiger partial charge in [-0.1, -0.05) is 0 Å². The van der Waals surface area contributed by atoms with E-state index in [4.69, 9.17) is 10.2 Å². The van der Waals surface area contributed by atoms with Crippen LogP contribution in [-0.4, -0.2) is 34.9 Å². The molecule has 0 saturated heterocycles. The van der Waals surface area contributed by atoms with Crippen LogP contribution in [0, 0.1) is 6.92 Å². The number of nitrogens with zero attached hydrogens (tertiary/aromatic N) is 1. The van der Waals surface area contributed by atoms with Crippen LogP contribution < -0.4 is 5.73 Å². The highest BCUT2D eigenvalue weighted by molar-refractivity contribution is 7.98. The zero-order valence-corrected chi connectivity index (χ0v) is 12.4. The number of aryl methyl sites for hydroxylation is 1. The molecule has 1 aromatic rings. The lowest BCUT2D eigenvalue weighted by Crippen LogP contribution is -2.44. The molecule has 0 aromatic carbocycles. The number of carbonyl (C=O) groups is 1. The Morgan fingerprint density at radius 3 is 2.84 bits per heavy atom. The summed E-state index contributed by atoms with van der Waals surface area (Å²) in [6.45, 7) is 2.46. The van der Waals surface area contributed by atoms with Crippen molar-refractivity contribution < 1.29 is 9.21 Å². The minimum atomic E-state index is -0.385. The first-order valence-electron chi connectivity index (χ1n) is 6.72. The van der Waals surface area contributed by atoms with E-state index >= 15 is 0 Å². The molecule has 1 aromatic heterocycles. The molecule has 1 aliphatic carbocycles. The third-order valence-electron chi connectivity index (χ3n) is 3.34. The van der Waals surface area contributed by atoms with Gasteiger partial charge < -0.3 is 15.1 Å². The van der Waals surface area contributed by atoms with Crippen LogP contribution in [0.25, 0.3) is 0 Å². The van der Waals surface area contributed by atoms with Crippen molar-refractivity contribution in [3.8, 4) is 0 Å². The van der Waals surface area contributed by atoms with Crippen molar-refractivity contribution >= 4 is 17.7 Å². The lowest BCUT2D eigenvalue weighted by molar-refractivity contribution is -0.134. The Bertz CT molecular complexity index is 429. The SMILES string of the molecule is CSCC[C@@H](N)C(=O)N(Cc1ccc(C)o1)C1CC1. The molecule has 19 heavy (non-hydrogen) atoms. The lowest BCUT2D eigenvalue weighted by atomic mass is 10.2. The van der Waals surface area contributed by atoms with Crippen molar-refractivity contribution in [2.45, 2.75) is 44.8 Å². The monoisotopic (exact) mass is 282 g/mol. The summed E-state index contributed by atoms with van der Waals surface area (Å²) in [5.41, 5.74) is 5.99. The van der Waals surface area contributed by atoms with Crippen LogP contribution >= 0.6 is 11.8 Å². The van der Waals surface area contributed by atoms with Gasteiger partial charge >= 0.3 is 0 Å². The van der Waals surface area contributed by atoms with Crippen LogP contribution in [0.15, 0.2) is 16.5 Å². The van der Waals surface area contributed by atoms with E-state index < -0.39 is 0 Å². The summed E-state index contributed by atoms with van der Waals surface area (Å²) in [5.74, 6) is 2.70. The fourth-order valence-corrected chi connectivity index (χ4v) is 2.58. The van der Waals surface area contributed by atoms with Gasteiger partial charge in [0.1, 0.15) is 11.5 Å². The number of nitrogens with two attached hydrogens (primary N) is 1. The van der Waals surface area contributed by atoms with Crippen LogP contribution in [0.1, 0.15) is 30.8 Å². The second-order valence-electron chi connectivity index (χ2n) is 5.10. The molecule has 1 heterocycles. The van der Waals surface area contributed by atoms with Gasteiger partial charge in [-0.05, 0) is 50.3 Å². The smallest absolute Gasteiger partial charge is 0.240 e. The summed E-state index contributed by atoms with van der Waals surface area (Å²) >= 11 is 1.72. The van der Waals surface area contributed by atoms with Crippen molar-refractivity contribution in [2.75, 3.05) is 12.0 Å². The summed E-state index contributed by atoms with van der Waals surface area (Å²) in [4.78, 5) is 14.3. The molecule has 1 atom stereocenters. The number of amides is 1. The van der Waals surface area contributed by atoms with Crippen molar-refractivity contribution in [3.63, 3.8) is 0 Å². The van der Waals surface area contributed by atoms with Crippen molar-refractivity contribution in [3.05, 3.63) is 23.7 Å². The van der Waals surface area contributed by atoms with Gasteiger partial charge in [-0.2, -0.15) is 11.8 Å². The second-order valence-corrected chi connectivity index (χ2v) is 6.08. The summed E-state index contributed by atoms with van der Waals surface area (Å²) in [7, 11) is 0.